The number of halogens is 3. The van der Waals surface area contributed by atoms with Crippen molar-refractivity contribution in [2.45, 2.75) is 26.5 Å². The third kappa shape index (κ3) is 6.82. The quantitative estimate of drug-likeness (QED) is 0.329. The Morgan fingerprint density at radius 1 is 0.800 bits per heavy atom. The van der Waals surface area contributed by atoms with Gasteiger partial charge in [-0.1, -0.05) is 59.1 Å². The van der Waals surface area contributed by atoms with Gasteiger partial charge in [-0.15, -0.1) is 0 Å². The highest BCUT2D eigenvalue weighted by atomic mass is 35.5. The molecule has 0 fully saturated rings. The summed E-state index contributed by atoms with van der Waals surface area (Å²) >= 11 is 18.5. The van der Waals surface area contributed by atoms with E-state index in [1.165, 1.54) is 5.56 Å². The van der Waals surface area contributed by atoms with E-state index in [-0.39, 0.29) is 0 Å². The molecule has 1 N–H and O–H groups in total. The highest BCUT2D eigenvalue weighted by Crippen LogP contribution is 2.37. The third-order valence-corrected chi connectivity index (χ3v) is 5.24. The standard InChI is InChI=1S/C24H24Cl3NO2/c1-2-29-23-14-19(15-28-11-10-17-6-8-20(25)9-7-17)13-22(27)24(23)30-16-18-4-3-5-21(26)12-18/h3-9,12-14,28H,2,10-11,15-16H2,1H3. The molecule has 0 saturated carbocycles. The molecule has 0 unspecified atom stereocenters. The topological polar surface area (TPSA) is 30.5 Å². The third-order valence-electron chi connectivity index (χ3n) is 4.47. The van der Waals surface area contributed by atoms with Crippen LogP contribution in [0.3, 0.4) is 0 Å². The summed E-state index contributed by atoms with van der Waals surface area (Å²) in [5, 5.41) is 5.39. The Morgan fingerprint density at radius 2 is 1.60 bits per heavy atom. The van der Waals surface area contributed by atoms with Gasteiger partial charge in [0.05, 0.1) is 11.6 Å². The molecule has 0 aliphatic carbocycles. The molecule has 0 aliphatic rings. The zero-order valence-electron chi connectivity index (χ0n) is 16.8. The second kappa shape index (κ2) is 11.5. The molecule has 3 aromatic carbocycles. The number of hydrogen-bond donors (Lipinski definition) is 1. The minimum atomic E-state index is 0.360. The summed E-state index contributed by atoms with van der Waals surface area (Å²) in [6.07, 6.45) is 0.921. The van der Waals surface area contributed by atoms with Crippen LogP contribution in [0.2, 0.25) is 15.1 Å². The Hall–Kier alpha value is -1.91. The number of rotatable bonds is 10. The van der Waals surface area contributed by atoms with Crippen molar-refractivity contribution in [3.63, 3.8) is 0 Å². The van der Waals surface area contributed by atoms with Gasteiger partial charge in [0.1, 0.15) is 6.61 Å². The number of nitrogens with one attached hydrogen (secondary N) is 1. The summed E-state index contributed by atoms with van der Waals surface area (Å²) < 4.78 is 11.7. The van der Waals surface area contributed by atoms with Crippen LogP contribution in [0.15, 0.2) is 60.7 Å². The van der Waals surface area contributed by atoms with E-state index in [1.54, 1.807) is 0 Å². The first-order valence-corrected chi connectivity index (χ1v) is 11.0. The maximum absolute atomic E-state index is 6.52. The SMILES string of the molecule is CCOc1cc(CNCCc2ccc(Cl)cc2)cc(Cl)c1OCc1cccc(Cl)c1. The van der Waals surface area contributed by atoms with Crippen LogP contribution in [0.4, 0.5) is 0 Å². The normalized spacial score (nSPS) is 10.8. The monoisotopic (exact) mass is 463 g/mol. The smallest absolute Gasteiger partial charge is 0.180 e. The lowest BCUT2D eigenvalue weighted by Crippen LogP contribution is -2.16. The van der Waals surface area contributed by atoms with Crippen LogP contribution in [-0.4, -0.2) is 13.2 Å². The van der Waals surface area contributed by atoms with Gasteiger partial charge in [-0.2, -0.15) is 0 Å². The lowest BCUT2D eigenvalue weighted by molar-refractivity contribution is 0.269. The Morgan fingerprint density at radius 3 is 2.33 bits per heavy atom. The van der Waals surface area contributed by atoms with Crippen LogP contribution in [0.25, 0.3) is 0 Å². The first-order valence-electron chi connectivity index (χ1n) is 9.82. The molecule has 0 saturated heterocycles. The zero-order valence-corrected chi connectivity index (χ0v) is 19.0. The molecule has 0 bridgehead atoms. The first kappa shape index (κ1) is 22.8. The molecular weight excluding hydrogens is 441 g/mol. The Kier molecular flexibility index (Phi) is 8.71. The van der Waals surface area contributed by atoms with Gasteiger partial charge in [0, 0.05) is 16.6 Å². The summed E-state index contributed by atoms with van der Waals surface area (Å²) in [5.74, 6) is 1.19. The van der Waals surface area contributed by atoms with Gasteiger partial charge in [0.2, 0.25) is 0 Å². The average Bonchev–Trinajstić information content (AvgIpc) is 2.72. The van der Waals surface area contributed by atoms with Crippen molar-refractivity contribution in [3.05, 3.63) is 92.4 Å². The summed E-state index contributed by atoms with van der Waals surface area (Å²) in [6, 6.07) is 19.3. The molecule has 158 valence electrons. The molecule has 3 nitrogen and oxygen atoms in total. The fraction of sp³-hybridized carbons (Fsp3) is 0.250. The highest BCUT2D eigenvalue weighted by molar-refractivity contribution is 6.32. The summed E-state index contributed by atoms with van der Waals surface area (Å²) in [7, 11) is 0. The summed E-state index contributed by atoms with van der Waals surface area (Å²) in [4.78, 5) is 0. The summed E-state index contributed by atoms with van der Waals surface area (Å²) in [6.45, 7) is 4.35. The molecule has 0 aliphatic heterocycles. The van der Waals surface area contributed by atoms with E-state index in [2.05, 4.69) is 5.32 Å². The van der Waals surface area contributed by atoms with E-state index in [9.17, 15) is 0 Å². The van der Waals surface area contributed by atoms with Crippen LogP contribution in [-0.2, 0) is 19.6 Å². The van der Waals surface area contributed by atoms with Crippen molar-refractivity contribution in [2.75, 3.05) is 13.2 Å². The van der Waals surface area contributed by atoms with E-state index in [4.69, 9.17) is 44.3 Å². The van der Waals surface area contributed by atoms with Gasteiger partial charge in [0.25, 0.3) is 0 Å². The van der Waals surface area contributed by atoms with Crippen LogP contribution in [0.1, 0.15) is 23.6 Å². The van der Waals surface area contributed by atoms with Crippen molar-refractivity contribution < 1.29 is 9.47 Å². The summed E-state index contributed by atoms with van der Waals surface area (Å²) in [5.41, 5.74) is 3.24. The fourth-order valence-corrected chi connectivity index (χ4v) is 3.65. The van der Waals surface area contributed by atoms with Gasteiger partial charge >= 0.3 is 0 Å². The van der Waals surface area contributed by atoms with Crippen LogP contribution >= 0.6 is 34.8 Å². The number of ether oxygens (including phenoxy) is 2. The minimum Gasteiger partial charge on any atom is -0.490 e. The maximum atomic E-state index is 6.52. The lowest BCUT2D eigenvalue weighted by Gasteiger charge is -2.16. The second-order valence-corrected chi connectivity index (χ2v) is 8.09. The van der Waals surface area contributed by atoms with E-state index < -0.39 is 0 Å². The van der Waals surface area contributed by atoms with Crippen molar-refractivity contribution in [3.8, 4) is 11.5 Å². The van der Waals surface area contributed by atoms with Crippen LogP contribution < -0.4 is 14.8 Å². The second-order valence-electron chi connectivity index (χ2n) is 6.81. The largest absolute Gasteiger partial charge is 0.490 e. The molecule has 30 heavy (non-hydrogen) atoms. The van der Waals surface area contributed by atoms with Gasteiger partial charge < -0.3 is 14.8 Å². The Balaban J connectivity index is 1.61. The predicted octanol–water partition coefficient (Wildman–Crippen LogP) is 6.96. The molecule has 0 radical (unpaired) electrons. The van der Waals surface area contributed by atoms with Crippen molar-refractivity contribution >= 4 is 34.8 Å². The molecule has 0 atom stereocenters. The Bertz CT molecular complexity index is 961. The van der Waals surface area contributed by atoms with E-state index in [0.29, 0.717) is 41.3 Å². The predicted molar refractivity (Wildman–Crippen MR) is 125 cm³/mol. The molecule has 0 aromatic heterocycles. The van der Waals surface area contributed by atoms with Gasteiger partial charge in [-0.3, -0.25) is 0 Å². The molecule has 3 aromatic rings. The molecule has 6 heteroatoms. The van der Waals surface area contributed by atoms with Crippen molar-refractivity contribution in [1.29, 1.82) is 0 Å². The van der Waals surface area contributed by atoms with Crippen molar-refractivity contribution in [2.24, 2.45) is 0 Å². The average molecular weight is 465 g/mol. The highest BCUT2D eigenvalue weighted by Gasteiger charge is 2.13. The Labute approximate surface area is 192 Å². The number of hydrogen-bond acceptors (Lipinski definition) is 3. The minimum absolute atomic E-state index is 0.360. The lowest BCUT2D eigenvalue weighted by atomic mass is 10.1. The van der Waals surface area contributed by atoms with E-state index >= 15 is 0 Å². The fourth-order valence-electron chi connectivity index (χ4n) is 3.03. The van der Waals surface area contributed by atoms with E-state index in [0.717, 1.165) is 29.1 Å². The molecular formula is C24H24Cl3NO2. The maximum Gasteiger partial charge on any atom is 0.180 e. The molecule has 0 amide bonds. The van der Waals surface area contributed by atoms with Gasteiger partial charge in [-0.05, 0) is 73.0 Å². The van der Waals surface area contributed by atoms with Crippen LogP contribution in [0.5, 0.6) is 11.5 Å². The van der Waals surface area contributed by atoms with E-state index in [1.807, 2.05) is 67.6 Å². The zero-order chi connectivity index (χ0) is 21.3. The van der Waals surface area contributed by atoms with Gasteiger partial charge in [0.15, 0.2) is 11.5 Å². The molecule has 3 rings (SSSR count). The van der Waals surface area contributed by atoms with Crippen LogP contribution in [0, 0.1) is 0 Å². The van der Waals surface area contributed by atoms with Crippen molar-refractivity contribution in [1.82, 2.24) is 5.32 Å². The van der Waals surface area contributed by atoms with Gasteiger partial charge in [-0.25, -0.2) is 0 Å². The molecule has 0 heterocycles. The molecule has 0 spiro atoms. The number of benzene rings is 3. The first-order chi connectivity index (χ1) is 14.5.